The van der Waals surface area contributed by atoms with E-state index in [0.717, 1.165) is 56.2 Å². The molecule has 1 saturated heterocycles. The number of rotatable bonds is 3. The summed E-state index contributed by atoms with van der Waals surface area (Å²) in [6.07, 6.45) is 5.01. The number of thiazole rings is 1. The average molecular weight is 280 g/mol. The van der Waals surface area contributed by atoms with Gasteiger partial charge in [-0.2, -0.15) is 0 Å². The number of fused-ring (bicyclic) bond motifs is 1. The molecule has 1 fully saturated rings. The van der Waals surface area contributed by atoms with Gasteiger partial charge in [0.15, 0.2) is 10.9 Å². The fraction of sp³-hybridized carbons (Fsp3) is 0.714. The lowest BCUT2D eigenvalue weighted by molar-refractivity contribution is 0.0968. The van der Waals surface area contributed by atoms with E-state index in [1.165, 1.54) is 4.88 Å². The Hall–Kier alpha value is -0.940. The summed E-state index contributed by atoms with van der Waals surface area (Å²) in [5.41, 5.74) is 0.755. The van der Waals surface area contributed by atoms with Crippen molar-refractivity contribution in [2.24, 2.45) is 5.92 Å². The van der Waals surface area contributed by atoms with Crippen LogP contribution in [-0.2, 0) is 11.2 Å². The van der Waals surface area contributed by atoms with E-state index in [9.17, 15) is 4.79 Å². The van der Waals surface area contributed by atoms with E-state index in [-0.39, 0.29) is 5.78 Å². The van der Waals surface area contributed by atoms with Crippen molar-refractivity contribution in [2.75, 3.05) is 31.7 Å². The first kappa shape index (κ1) is 13.1. The maximum atomic E-state index is 11.8. The molecule has 2 aliphatic rings. The highest BCUT2D eigenvalue weighted by Crippen LogP contribution is 2.33. The van der Waals surface area contributed by atoms with Crippen LogP contribution in [0.3, 0.4) is 0 Å². The van der Waals surface area contributed by atoms with Crippen molar-refractivity contribution in [1.82, 2.24) is 4.98 Å². The second kappa shape index (κ2) is 5.59. The molecule has 104 valence electrons. The molecule has 0 radical (unpaired) electrons. The quantitative estimate of drug-likeness (QED) is 0.853. The van der Waals surface area contributed by atoms with E-state index in [2.05, 4.69) is 9.88 Å². The summed E-state index contributed by atoms with van der Waals surface area (Å²) < 4.78 is 5.23. The van der Waals surface area contributed by atoms with Crippen LogP contribution in [-0.4, -0.2) is 37.6 Å². The Morgan fingerprint density at radius 3 is 2.84 bits per heavy atom. The van der Waals surface area contributed by atoms with Crippen molar-refractivity contribution < 1.29 is 9.53 Å². The number of methoxy groups -OCH3 is 1. The van der Waals surface area contributed by atoms with Crippen LogP contribution in [0, 0.1) is 5.92 Å². The number of anilines is 1. The van der Waals surface area contributed by atoms with Crippen LogP contribution < -0.4 is 4.90 Å². The third-order valence-electron chi connectivity index (χ3n) is 4.05. The molecule has 1 aromatic rings. The maximum Gasteiger partial charge on any atom is 0.186 e. The first-order valence-electron chi connectivity index (χ1n) is 7.04. The predicted molar refractivity (Wildman–Crippen MR) is 76.2 cm³/mol. The van der Waals surface area contributed by atoms with Crippen LogP contribution in [0.4, 0.5) is 5.13 Å². The van der Waals surface area contributed by atoms with Crippen molar-refractivity contribution in [3.05, 3.63) is 10.6 Å². The van der Waals surface area contributed by atoms with Gasteiger partial charge in [-0.1, -0.05) is 0 Å². The molecule has 4 nitrogen and oxygen atoms in total. The molecule has 0 N–H and O–H groups in total. The molecule has 0 aromatic carbocycles. The number of Topliss-reactive ketones (excluding diaryl/α,β-unsaturated/α-hetero) is 1. The van der Waals surface area contributed by atoms with Gasteiger partial charge in [0.05, 0.1) is 0 Å². The minimum absolute atomic E-state index is 0.234. The zero-order valence-electron chi connectivity index (χ0n) is 11.4. The van der Waals surface area contributed by atoms with Gasteiger partial charge in [0.1, 0.15) is 5.69 Å². The van der Waals surface area contributed by atoms with Crippen molar-refractivity contribution in [3.8, 4) is 0 Å². The minimum atomic E-state index is 0.234. The second-order valence-corrected chi connectivity index (χ2v) is 6.49. The monoisotopic (exact) mass is 280 g/mol. The first-order valence-corrected chi connectivity index (χ1v) is 7.86. The molecule has 3 rings (SSSR count). The molecular weight excluding hydrogens is 260 g/mol. The lowest BCUT2D eigenvalue weighted by Crippen LogP contribution is -2.34. The molecule has 2 heterocycles. The molecule has 19 heavy (non-hydrogen) atoms. The normalized spacial score (nSPS) is 20.7. The summed E-state index contributed by atoms with van der Waals surface area (Å²) >= 11 is 1.72. The Morgan fingerprint density at radius 1 is 1.37 bits per heavy atom. The van der Waals surface area contributed by atoms with Crippen molar-refractivity contribution in [1.29, 1.82) is 0 Å². The van der Waals surface area contributed by atoms with Gasteiger partial charge in [0.25, 0.3) is 0 Å². The molecule has 0 saturated carbocycles. The van der Waals surface area contributed by atoms with E-state index in [0.29, 0.717) is 12.3 Å². The number of aromatic nitrogens is 1. The molecule has 0 bridgehead atoms. The number of nitrogens with zero attached hydrogens (tertiary/aromatic N) is 2. The molecule has 0 unspecified atom stereocenters. The highest BCUT2D eigenvalue weighted by atomic mass is 32.1. The van der Waals surface area contributed by atoms with Gasteiger partial charge in [-0.25, -0.2) is 4.98 Å². The van der Waals surface area contributed by atoms with E-state index in [4.69, 9.17) is 4.74 Å². The average Bonchev–Trinajstić information content (AvgIpc) is 2.85. The molecule has 1 aliphatic carbocycles. The van der Waals surface area contributed by atoms with Gasteiger partial charge >= 0.3 is 0 Å². The van der Waals surface area contributed by atoms with Crippen LogP contribution in [0.25, 0.3) is 0 Å². The fourth-order valence-corrected chi connectivity index (χ4v) is 4.09. The molecule has 5 heteroatoms. The van der Waals surface area contributed by atoms with Gasteiger partial charge in [-0.15, -0.1) is 11.3 Å². The van der Waals surface area contributed by atoms with Crippen LogP contribution >= 0.6 is 11.3 Å². The molecule has 0 spiro atoms. The Balaban J connectivity index is 1.69. The highest BCUT2D eigenvalue weighted by molar-refractivity contribution is 7.16. The molecule has 0 atom stereocenters. The zero-order chi connectivity index (χ0) is 13.2. The summed E-state index contributed by atoms with van der Waals surface area (Å²) in [4.78, 5) is 20.0. The Morgan fingerprint density at radius 2 is 2.16 bits per heavy atom. The van der Waals surface area contributed by atoms with E-state index in [1.54, 1.807) is 18.4 Å². The first-order chi connectivity index (χ1) is 9.28. The number of piperidine rings is 1. The lowest BCUT2D eigenvalue weighted by Gasteiger charge is -2.31. The molecule has 0 amide bonds. The van der Waals surface area contributed by atoms with E-state index in [1.807, 2.05) is 0 Å². The third-order valence-corrected chi connectivity index (χ3v) is 5.22. The Labute approximate surface area is 117 Å². The number of hydrogen-bond acceptors (Lipinski definition) is 5. The summed E-state index contributed by atoms with van der Waals surface area (Å²) in [7, 11) is 1.77. The van der Waals surface area contributed by atoms with Crippen LogP contribution in [0.1, 0.15) is 41.0 Å². The molecular formula is C14H20N2O2S. The minimum Gasteiger partial charge on any atom is -0.384 e. The van der Waals surface area contributed by atoms with Crippen LogP contribution in [0.2, 0.25) is 0 Å². The van der Waals surface area contributed by atoms with E-state index < -0.39 is 0 Å². The van der Waals surface area contributed by atoms with Gasteiger partial charge in [-0.05, 0) is 31.6 Å². The third kappa shape index (κ3) is 2.67. The van der Waals surface area contributed by atoms with Crippen molar-refractivity contribution in [3.63, 3.8) is 0 Å². The number of carbonyl (C=O) groups excluding carboxylic acids is 1. The van der Waals surface area contributed by atoms with Gasteiger partial charge in [-0.3, -0.25) is 4.79 Å². The molecule has 1 aliphatic heterocycles. The van der Waals surface area contributed by atoms with Gasteiger partial charge < -0.3 is 9.64 Å². The zero-order valence-corrected chi connectivity index (χ0v) is 12.2. The molecule has 1 aromatic heterocycles. The topological polar surface area (TPSA) is 42.4 Å². The Bertz CT molecular complexity index is 464. The summed E-state index contributed by atoms with van der Waals surface area (Å²) in [6, 6.07) is 0. The highest BCUT2D eigenvalue weighted by Gasteiger charge is 2.26. The predicted octanol–water partition coefficient (Wildman–Crippen LogP) is 2.52. The Kier molecular flexibility index (Phi) is 3.84. The van der Waals surface area contributed by atoms with Crippen molar-refractivity contribution >= 4 is 22.3 Å². The van der Waals surface area contributed by atoms with Crippen LogP contribution in [0.5, 0.6) is 0 Å². The van der Waals surface area contributed by atoms with Crippen molar-refractivity contribution in [2.45, 2.75) is 32.1 Å². The number of ether oxygens (including phenoxy) is 1. The number of ketones is 1. The summed E-state index contributed by atoms with van der Waals surface area (Å²) in [6.45, 7) is 2.93. The van der Waals surface area contributed by atoms with Gasteiger partial charge in [0.2, 0.25) is 0 Å². The smallest absolute Gasteiger partial charge is 0.186 e. The number of carbonyl (C=O) groups is 1. The standard InChI is InChI=1S/C14H20N2O2S/c1-18-9-10-5-7-16(8-6-10)14-15-13-11(17)3-2-4-12(13)19-14/h10H,2-9H2,1H3. The number of aryl methyl sites for hydroxylation is 1. The van der Waals surface area contributed by atoms with Crippen LogP contribution in [0.15, 0.2) is 0 Å². The fourth-order valence-electron chi connectivity index (χ4n) is 2.92. The van der Waals surface area contributed by atoms with E-state index >= 15 is 0 Å². The SMILES string of the molecule is COCC1CCN(c2nc3c(s2)CCCC3=O)CC1. The summed E-state index contributed by atoms with van der Waals surface area (Å²) in [5, 5.41) is 1.05. The lowest BCUT2D eigenvalue weighted by atomic mass is 9.98. The largest absolute Gasteiger partial charge is 0.384 e. The van der Waals surface area contributed by atoms with Gasteiger partial charge in [0, 0.05) is 38.1 Å². The second-order valence-electron chi connectivity index (χ2n) is 5.43. The number of hydrogen-bond donors (Lipinski definition) is 0. The maximum absolute atomic E-state index is 11.8. The summed E-state index contributed by atoms with van der Waals surface area (Å²) in [5.74, 6) is 0.912.